The molecule has 0 aliphatic carbocycles. The molecule has 1 unspecified atom stereocenters. The van der Waals surface area contributed by atoms with Crippen LogP contribution in [0.25, 0.3) is 0 Å². The summed E-state index contributed by atoms with van der Waals surface area (Å²) in [5.41, 5.74) is 8.34. The van der Waals surface area contributed by atoms with Crippen molar-refractivity contribution in [2.75, 3.05) is 0 Å². The van der Waals surface area contributed by atoms with E-state index in [-0.39, 0.29) is 18.2 Å². The molecule has 146 valence electrons. The highest BCUT2D eigenvalue weighted by Gasteiger charge is 2.15. The van der Waals surface area contributed by atoms with E-state index in [1.807, 2.05) is 60.7 Å². The first-order chi connectivity index (χ1) is 13.1. The fourth-order valence-electron chi connectivity index (χ4n) is 2.63. The van der Waals surface area contributed by atoms with Crippen molar-refractivity contribution >= 4 is 18.2 Å². The van der Waals surface area contributed by atoms with E-state index in [0.717, 1.165) is 11.1 Å². The lowest BCUT2D eigenvalue weighted by molar-refractivity contribution is 0.0967. The van der Waals surface area contributed by atoms with Crippen molar-refractivity contribution in [1.29, 1.82) is 0 Å². The Bertz CT molecular complexity index is 883. The molecular weight excluding hydrogens is 374 g/mol. The highest BCUT2D eigenvalue weighted by Crippen LogP contribution is 2.30. The number of ketones is 1. The molecule has 3 aromatic rings. The van der Waals surface area contributed by atoms with Gasteiger partial charge in [0.15, 0.2) is 17.3 Å². The fourth-order valence-corrected chi connectivity index (χ4v) is 2.63. The molecule has 0 heterocycles. The van der Waals surface area contributed by atoms with Gasteiger partial charge in [-0.25, -0.2) is 0 Å². The van der Waals surface area contributed by atoms with Crippen LogP contribution in [0.15, 0.2) is 78.9 Å². The molecule has 2 N–H and O–H groups in total. The molecule has 0 bridgehead atoms. The standard InChI is InChI=1S/C23H23NO3.ClH/c1-17(24)23(25)20-12-13-21(26-15-18-8-4-2-5-9-18)22(14-20)27-16-19-10-6-3-7-11-19;/h2-14,17H,15-16,24H2,1H3;1H. The van der Waals surface area contributed by atoms with Gasteiger partial charge in [0, 0.05) is 5.56 Å². The number of nitrogens with two attached hydrogens (primary N) is 1. The van der Waals surface area contributed by atoms with Gasteiger partial charge in [-0.05, 0) is 36.2 Å². The third-order valence-electron chi connectivity index (χ3n) is 4.12. The van der Waals surface area contributed by atoms with E-state index in [1.165, 1.54) is 0 Å². The van der Waals surface area contributed by atoms with Gasteiger partial charge in [0.1, 0.15) is 13.2 Å². The summed E-state index contributed by atoms with van der Waals surface area (Å²) in [6.45, 7) is 2.48. The number of rotatable bonds is 8. The third kappa shape index (κ3) is 5.84. The van der Waals surface area contributed by atoms with Crippen molar-refractivity contribution in [1.82, 2.24) is 0 Å². The minimum atomic E-state index is -0.567. The van der Waals surface area contributed by atoms with Crippen LogP contribution in [0.5, 0.6) is 11.5 Å². The lowest BCUT2D eigenvalue weighted by Gasteiger charge is -2.15. The first-order valence-corrected chi connectivity index (χ1v) is 8.91. The quantitative estimate of drug-likeness (QED) is 0.555. The molecule has 0 spiro atoms. The second kappa shape index (κ2) is 10.5. The lowest BCUT2D eigenvalue weighted by atomic mass is 10.1. The molecule has 0 saturated heterocycles. The normalized spacial score (nSPS) is 11.2. The van der Waals surface area contributed by atoms with Crippen molar-refractivity contribution in [3.05, 3.63) is 95.6 Å². The number of Topliss-reactive ketones (excluding diaryl/α,β-unsaturated/α-hetero) is 1. The predicted octanol–water partition coefficient (Wildman–Crippen LogP) is 4.80. The number of ether oxygens (including phenoxy) is 2. The first-order valence-electron chi connectivity index (χ1n) is 8.91. The topological polar surface area (TPSA) is 61.6 Å². The van der Waals surface area contributed by atoms with E-state index in [2.05, 4.69) is 0 Å². The van der Waals surface area contributed by atoms with Crippen LogP contribution < -0.4 is 15.2 Å². The molecule has 28 heavy (non-hydrogen) atoms. The van der Waals surface area contributed by atoms with E-state index in [4.69, 9.17) is 15.2 Å². The van der Waals surface area contributed by atoms with E-state index in [0.29, 0.717) is 30.3 Å². The maximum absolute atomic E-state index is 12.2. The van der Waals surface area contributed by atoms with Crippen LogP contribution in [-0.2, 0) is 13.2 Å². The van der Waals surface area contributed by atoms with Gasteiger partial charge in [-0.3, -0.25) is 4.79 Å². The summed E-state index contributed by atoms with van der Waals surface area (Å²) in [4.78, 5) is 12.2. The summed E-state index contributed by atoms with van der Waals surface area (Å²) < 4.78 is 11.9. The van der Waals surface area contributed by atoms with Crippen LogP contribution in [-0.4, -0.2) is 11.8 Å². The zero-order valence-electron chi connectivity index (χ0n) is 15.7. The Hall–Kier alpha value is -2.82. The molecule has 1 atom stereocenters. The monoisotopic (exact) mass is 397 g/mol. The minimum absolute atomic E-state index is 0. The number of hydrogen-bond acceptors (Lipinski definition) is 4. The molecule has 0 aromatic heterocycles. The number of hydrogen-bond donors (Lipinski definition) is 1. The average molecular weight is 398 g/mol. The maximum atomic E-state index is 12.2. The Balaban J connectivity index is 0.00000280. The Morgan fingerprint density at radius 1 is 0.821 bits per heavy atom. The van der Waals surface area contributed by atoms with Crippen molar-refractivity contribution in [2.45, 2.75) is 26.2 Å². The van der Waals surface area contributed by atoms with Gasteiger partial charge >= 0.3 is 0 Å². The molecule has 4 nitrogen and oxygen atoms in total. The average Bonchev–Trinajstić information content (AvgIpc) is 2.72. The summed E-state index contributed by atoms with van der Waals surface area (Å²) in [7, 11) is 0. The van der Waals surface area contributed by atoms with Crippen LogP contribution in [0.1, 0.15) is 28.4 Å². The third-order valence-corrected chi connectivity index (χ3v) is 4.12. The van der Waals surface area contributed by atoms with E-state index in [9.17, 15) is 4.79 Å². The lowest BCUT2D eigenvalue weighted by Crippen LogP contribution is -2.26. The molecule has 3 rings (SSSR count). The Labute approximate surface area is 171 Å². The molecule has 0 aliphatic heterocycles. The van der Waals surface area contributed by atoms with Crippen molar-refractivity contribution in [2.24, 2.45) is 5.73 Å². The summed E-state index contributed by atoms with van der Waals surface area (Å²) in [6, 6.07) is 24.4. The smallest absolute Gasteiger partial charge is 0.179 e. The SMILES string of the molecule is CC(N)C(=O)c1ccc(OCc2ccccc2)c(OCc2ccccc2)c1.Cl. The highest BCUT2D eigenvalue weighted by molar-refractivity contribution is 6.00. The minimum Gasteiger partial charge on any atom is -0.485 e. The Morgan fingerprint density at radius 3 is 1.82 bits per heavy atom. The second-order valence-corrected chi connectivity index (χ2v) is 6.36. The highest BCUT2D eigenvalue weighted by atomic mass is 35.5. The summed E-state index contributed by atoms with van der Waals surface area (Å²) in [5, 5.41) is 0. The van der Waals surface area contributed by atoms with Gasteiger partial charge in [-0.1, -0.05) is 60.7 Å². The summed E-state index contributed by atoms with van der Waals surface area (Å²) in [6.07, 6.45) is 0. The zero-order valence-corrected chi connectivity index (χ0v) is 16.5. The number of carbonyl (C=O) groups excluding carboxylic acids is 1. The van der Waals surface area contributed by atoms with E-state index in [1.54, 1.807) is 25.1 Å². The number of carbonyl (C=O) groups is 1. The summed E-state index contributed by atoms with van der Waals surface area (Å²) in [5.74, 6) is 0.992. The molecule has 0 radical (unpaired) electrons. The molecule has 0 amide bonds. The van der Waals surface area contributed by atoms with Crippen molar-refractivity contribution in [3.8, 4) is 11.5 Å². The molecule has 5 heteroatoms. The van der Waals surface area contributed by atoms with Crippen molar-refractivity contribution in [3.63, 3.8) is 0 Å². The maximum Gasteiger partial charge on any atom is 0.179 e. The Morgan fingerprint density at radius 2 is 1.32 bits per heavy atom. The van der Waals surface area contributed by atoms with Gasteiger partial charge < -0.3 is 15.2 Å². The van der Waals surface area contributed by atoms with Crippen LogP contribution in [0.2, 0.25) is 0 Å². The molecule has 0 fully saturated rings. The van der Waals surface area contributed by atoms with Crippen LogP contribution in [0, 0.1) is 0 Å². The predicted molar refractivity (Wildman–Crippen MR) is 113 cm³/mol. The van der Waals surface area contributed by atoms with Crippen molar-refractivity contribution < 1.29 is 14.3 Å². The van der Waals surface area contributed by atoms with E-state index >= 15 is 0 Å². The zero-order chi connectivity index (χ0) is 19.1. The van der Waals surface area contributed by atoms with Gasteiger partial charge in [0.25, 0.3) is 0 Å². The number of benzene rings is 3. The van der Waals surface area contributed by atoms with Crippen LogP contribution >= 0.6 is 12.4 Å². The fraction of sp³-hybridized carbons (Fsp3) is 0.174. The van der Waals surface area contributed by atoms with Gasteiger partial charge in [-0.15, -0.1) is 12.4 Å². The van der Waals surface area contributed by atoms with Gasteiger partial charge in [0.2, 0.25) is 0 Å². The molecule has 3 aromatic carbocycles. The molecule has 0 aliphatic rings. The largest absolute Gasteiger partial charge is 0.485 e. The number of halogens is 1. The summed E-state index contributed by atoms with van der Waals surface area (Å²) >= 11 is 0. The van der Waals surface area contributed by atoms with Crippen LogP contribution in [0.3, 0.4) is 0 Å². The second-order valence-electron chi connectivity index (χ2n) is 6.36. The van der Waals surface area contributed by atoms with Gasteiger partial charge in [-0.2, -0.15) is 0 Å². The van der Waals surface area contributed by atoms with E-state index < -0.39 is 6.04 Å². The van der Waals surface area contributed by atoms with Crippen LogP contribution in [0.4, 0.5) is 0 Å². The van der Waals surface area contributed by atoms with Gasteiger partial charge in [0.05, 0.1) is 6.04 Å². The Kier molecular flexibility index (Phi) is 8.05. The molecular formula is C23H24ClNO3. The molecule has 0 saturated carbocycles. The first kappa shape index (κ1) is 21.5.